The molecule has 1 aliphatic heterocycles. The highest BCUT2D eigenvalue weighted by Gasteiger charge is 2.19. The second-order valence-electron chi connectivity index (χ2n) is 5.44. The Morgan fingerprint density at radius 1 is 1.26 bits per heavy atom. The minimum Gasteiger partial charge on any atom is -0.371 e. The van der Waals surface area contributed by atoms with Crippen molar-refractivity contribution in [2.45, 2.75) is 44.9 Å². The van der Waals surface area contributed by atoms with Gasteiger partial charge in [0.05, 0.1) is 5.88 Å². The lowest BCUT2D eigenvalue weighted by molar-refractivity contribution is 0.435. The molecule has 1 aromatic carbocycles. The first-order chi connectivity index (χ1) is 9.26. The summed E-state index contributed by atoms with van der Waals surface area (Å²) in [6.45, 7) is 4.55. The van der Waals surface area contributed by atoms with Crippen molar-refractivity contribution in [1.29, 1.82) is 0 Å². The van der Waals surface area contributed by atoms with E-state index in [1.165, 1.54) is 37.8 Å². The van der Waals surface area contributed by atoms with Gasteiger partial charge in [-0.25, -0.2) is 0 Å². The van der Waals surface area contributed by atoms with Gasteiger partial charge in [-0.15, -0.1) is 11.6 Å². The molecular formula is C16H23Cl2N. The minimum absolute atomic E-state index is 0.490. The third kappa shape index (κ3) is 3.79. The van der Waals surface area contributed by atoms with Crippen LogP contribution in [0.3, 0.4) is 0 Å². The minimum atomic E-state index is 0.490. The van der Waals surface area contributed by atoms with Gasteiger partial charge in [-0.2, -0.15) is 0 Å². The second-order valence-corrected chi connectivity index (χ2v) is 6.12. The van der Waals surface area contributed by atoms with Crippen molar-refractivity contribution < 1.29 is 0 Å². The molecule has 1 aliphatic rings. The molecule has 1 heterocycles. The molecule has 0 aliphatic carbocycles. The average Bonchev–Trinajstić information content (AvgIpc) is 2.64. The lowest BCUT2D eigenvalue weighted by atomic mass is 9.96. The maximum absolute atomic E-state index is 6.26. The highest BCUT2D eigenvalue weighted by atomic mass is 35.5. The summed E-state index contributed by atoms with van der Waals surface area (Å²) in [6.07, 6.45) is 6.60. The quantitative estimate of drug-likeness (QED) is 0.665. The van der Waals surface area contributed by atoms with E-state index < -0.39 is 0 Å². The Balaban J connectivity index is 2.12. The second kappa shape index (κ2) is 7.40. The number of benzene rings is 1. The van der Waals surface area contributed by atoms with Crippen molar-refractivity contribution in [3.8, 4) is 0 Å². The van der Waals surface area contributed by atoms with Crippen molar-refractivity contribution in [2.75, 3.05) is 18.0 Å². The van der Waals surface area contributed by atoms with Crippen LogP contribution < -0.4 is 4.90 Å². The zero-order valence-corrected chi connectivity index (χ0v) is 13.2. The van der Waals surface area contributed by atoms with E-state index in [1.54, 1.807) is 0 Å². The van der Waals surface area contributed by atoms with Gasteiger partial charge in [0.1, 0.15) is 0 Å². The highest BCUT2D eigenvalue weighted by Crippen LogP contribution is 2.32. The lowest BCUT2D eigenvalue weighted by Crippen LogP contribution is -2.25. The summed E-state index contributed by atoms with van der Waals surface area (Å²) in [7, 11) is 0. The van der Waals surface area contributed by atoms with Crippen molar-refractivity contribution in [3.63, 3.8) is 0 Å². The fourth-order valence-corrected chi connectivity index (χ4v) is 3.66. The Kier molecular flexibility index (Phi) is 5.84. The van der Waals surface area contributed by atoms with Gasteiger partial charge < -0.3 is 4.90 Å². The number of anilines is 1. The fraction of sp³-hybridized carbons (Fsp3) is 0.625. The van der Waals surface area contributed by atoms with E-state index in [4.69, 9.17) is 23.2 Å². The molecule has 0 spiro atoms. The summed E-state index contributed by atoms with van der Waals surface area (Å²) in [5, 5.41) is 0.793. The van der Waals surface area contributed by atoms with Crippen molar-refractivity contribution in [2.24, 2.45) is 5.92 Å². The summed E-state index contributed by atoms with van der Waals surface area (Å²) in [4.78, 5) is 2.47. The van der Waals surface area contributed by atoms with E-state index in [0.29, 0.717) is 5.88 Å². The summed E-state index contributed by atoms with van der Waals surface area (Å²) >= 11 is 12.3. The number of halogens is 2. The van der Waals surface area contributed by atoms with Crippen LogP contribution in [0.15, 0.2) is 18.2 Å². The molecule has 0 N–H and O–H groups in total. The number of rotatable bonds is 4. The van der Waals surface area contributed by atoms with Crippen LogP contribution in [0.25, 0.3) is 0 Å². The maximum Gasteiger partial charge on any atom is 0.0509 e. The Morgan fingerprint density at radius 2 is 2.11 bits per heavy atom. The van der Waals surface area contributed by atoms with Crippen molar-refractivity contribution >= 4 is 28.9 Å². The molecule has 3 heteroatoms. The molecule has 0 aromatic heterocycles. The third-order valence-electron chi connectivity index (χ3n) is 4.11. The van der Waals surface area contributed by atoms with Crippen LogP contribution in [0.2, 0.25) is 5.02 Å². The van der Waals surface area contributed by atoms with Gasteiger partial charge in [-0.3, -0.25) is 0 Å². The van der Waals surface area contributed by atoms with Crippen LogP contribution in [0.1, 0.15) is 44.6 Å². The van der Waals surface area contributed by atoms with E-state index in [9.17, 15) is 0 Å². The predicted molar refractivity (Wildman–Crippen MR) is 85.5 cm³/mol. The Morgan fingerprint density at radius 3 is 2.84 bits per heavy atom. The first-order valence-corrected chi connectivity index (χ1v) is 8.25. The Bertz CT molecular complexity index is 406. The van der Waals surface area contributed by atoms with Gasteiger partial charge in [-0.1, -0.05) is 37.4 Å². The SMILES string of the molecule is CCCC1CCCN(c2cccc(Cl)c2CCl)CC1. The zero-order chi connectivity index (χ0) is 13.7. The smallest absolute Gasteiger partial charge is 0.0509 e. The molecule has 1 fully saturated rings. The van der Waals surface area contributed by atoms with Gasteiger partial charge in [0.25, 0.3) is 0 Å². The van der Waals surface area contributed by atoms with Crippen LogP contribution >= 0.6 is 23.2 Å². The van der Waals surface area contributed by atoms with E-state index in [-0.39, 0.29) is 0 Å². The lowest BCUT2D eigenvalue weighted by Gasteiger charge is -2.25. The monoisotopic (exact) mass is 299 g/mol. The molecular weight excluding hydrogens is 277 g/mol. The maximum atomic E-state index is 6.26. The first kappa shape index (κ1) is 15.0. The van der Waals surface area contributed by atoms with Crippen LogP contribution in [0, 0.1) is 5.92 Å². The number of hydrogen-bond acceptors (Lipinski definition) is 1. The molecule has 0 bridgehead atoms. The Labute approximate surface area is 126 Å². The summed E-state index contributed by atoms with van der Waals surface area (Å²) < 4.78 is 0. The molecule has 1 atom stereocenters. The van der Waals surface area contributed by atoms with E-state index in [0.717, 1.165) is 29.6 Å². The number of hydrogen-bond donors (Lipinski definition) is 0. The van der Waals surface area contributed by atoms with Gasteiger partial charge >= 0.3 is 0 Å². The van der Waals surface area contributed by atoms with Crippen LogP contribution in [-0.4, -0.2) is 13.1 Å². The molecule has 1 unspecified atom stereocenters. The summed E-state index contributed by atoms with van der Waals surface area (Å²) in [5.74, 6) is 1.39. The predicted octanol–water partition coefficient (Wildman–Crippen LogP) is 5.49. The summed E-state index contributed by atoms with van der Waals surface area (Å²) in [6, 6.07) is 6.12. The van der Waals surface area contributed by atoms with Crippen LogP contribution in [0.4, 0.5) is 5.69 Å². The summed E-state index contributed by atoms with van der Waals surface area (Å²) in [5.41, 5.74) is 2.32. The standard InChI is InChI=1S/C16H23Cl2N/c1-2-5-13-6-4-10-19(11-9-13)16-8-3-7-15(18)14(16)12-17/h3,7-8,13H,2,4-6,9-12H2,1H3. The number of nitrogens with zero attached hydrogens (tertiary/aromatic N) is 1. The highest BCUT2D eigenvalue weighted by molar-refractivity contribution is 6.32. The van der Waals surface area contributed by atoms with Gasteiger partial charge in [-0.05, 0) is 37.3 Å². The van der Waals surface area contributed by atoms with E-state index in [2.05, 4.69) is 17.9 Å². The van der Waals surface area contributed by atoms with Crippen molar-refractivity contribution in [1.82, 2.24) is 0 Å². The molecule has 2 rings (SSSR count). The van der Waals surface area contributed by atoms with Gasteiger partial charge in [0, 0.05) is 29.4 Å². The van der Waals surface area contributed by atoms with Gasteiger partial charge in [0.15, 0.2) is 0 Å². The molecule has 1 aromatic rings. The molecule has 1 nitrogen and oxygen atoms in total. The molecule has 19 heavy (non-hydrogen) atoms. The van der Waals surface area contributed by atoms with E-state index in [1.807, 2.05) is 12.1 Å². The van der Waals surface area contributed by atoms with Gasteiger partial charge in [0.2, 0.25) is 0 Å². The first-order valence-electron chi connectivity index (χ1n) is 7.34. The van der Waals surface area contributed by atoms with Crippen molar-refractivity contribution in [3.05, 3.63) is 28.8 Å². The Hall–Kier alpha value is -0.400. The zero-order valence-electron chi connectivity index (χ0n) is 11.7. The average molecular weight is 300 g/mol. The third-order valence-corrected chi connectivity index (χ3v) is 4.73. The number of alkyl halides is 1. The van der Waals surface area contributed by atoms with E-state index >= 15 is 0 Å². The molecule has 106 valence electrons. The van der Waals surface area contributed by atoms with Crippen LogP contribution in [0.5, 0.6) is 0 Å². The topological polar surface area (TPSA) is 3.24 Å². The molecule has 0 saturated carbocycles. The fourth-order valence-electron chi connectivity index (χ4n) is 3.08. The largest absolute Gasteiger partial charge is 0.371 e. The molecule has 1 saturated heterocycles. The molecule has 0 amide bonds. The normalized spacial score (nSPS) is 20.4. The molecule has 0 radical (unpaired) electrons. The van der Waals surface area contributed by atoms with Crippen LogP contribution in [-0.2, 0) is 5.88 Å².